The Bertz CT molecular complexity index is 1290. The number of nitrogens with zero attached hydrogens (tertiary/aromatic N) is 1. The van der Waals surface area contributed by atoms with Crippen molar-refractivity contribution in [2.45, 2.75) is 13.5 Å². The summed E-state index contributed by atoms with van der Waals surface area (Å²) in [4.78, 5) is 24.0. The summed E-state index contributed by atoms with van der Waals surface area (Å²) in [6.45, 7) is 1.28. The quantitative estimate of drug-likeness (QED) is 0.502. The average Bonchev–Trinajstić information content (AvgIpc) is 2.78. The lowest BCUT2D eigenvalue weighted by molar-refractivity contribution is -0.114. The number of hydrogen-bond acceptors (Lipinski definition) is 5. The van der Waals surface area contributed by atoms with Gasteiger partial charge in [-0.15, -0.1) is 0 Å². The molecule has 0 fully saturated rings. The van der Waals surface area contributed by atoms with Crippen molar-refractivity contribution >= 4 is 38.9 Å². The minimum absolute atomic E-state index is 0.125. The lowest BCUT2D eigenvalue weighted by Crippen LogP contribution is -2.29. The molecule has 0 aliphatic rings. The van der Waals surface area contributed by atoms with Crippen LogP contribution in [0, 0.1) is 5.82 Å². The predicted molar refractivity (Wildman–Crippen MR) is 129 cm³/mol. The van der Waals surface area contributed by atoms with E-state index < -0.39 is 21.7 Å². The molecule has 34 heavy (non-hydrogen) atoms. The van der Waals surface area contributed by atoms with Gasteiger partial charge in [0.2, 0.25) is 15.9 Å². The minimum atomic E-state index is -3.72. The predicted octanol–water partition coefficient (Wildman–Crippen LogP) is 4.01. The van der Waals surface area contributed by atoms with Gasteiger partial charge in [0.05, 0.1) is 25.6 Å². The molecule has 10 heteroatoms. The van der Waals surface area contributed by atoms with Gasteiger partial charge in [-0.2, -0.15) is 0 Å². The smallest absolute Gasteiger partial charge is 0.255 e. The fourth-order valence-electron chi connectivity index (χ4n) is 3.25. The Kier molecular flexibility index (Phi) is 7.52. The summed E-state index contributed by atoms with van der Waals surface area (Å²) in [5.41, 5.74) is 2.12. The zero-order chi connectivity index (χ0) is 24.9. The summed E-state index contributed by atoms with van der Waals surface area (Å²) in [5, 5.41) is 5.40. The molecule has 0 saturated carbocycles. The molecule has 0 aliphatic heterocycles. The number of benzene rings is 3. The fourth-order valence-corrected chi connectivity index (χ4v) is 4.13. The van der Waals surface area contributed by atoms with E-state index in [-0.39, 0.29) is 23.7 Å². The molecule has 3 aromatic rings. The molecule has 178 valence electrons. The van der Waals surface area contributed by atoms with Gasteiger partial charge in [-0.25, -0.2) is 12.8 Å². The number of methoxy groups -OCH3 is 1. The van der Waals surface area contributed by atoms with Gasteiger partial charge in [0.1, 0.15) is 11.6 Å². The Morgan fingerprint density at radius 1 is 0.941 bits per heavy atom. The van der Waals surface area contributed by atoms with Crippen molar-refractivity contribution in [3.8, 4) is 5.75 Å². The van der Waals surface area contributed by atoms with Crippen LogP contribution >= 0.6 is 0 Å². The molecule has 0 saturated heterocycles. The van der Waals surface area contributed by atoms with Crippen molar-refractivity contribution in [3.63, 3.8) is 0 Å². The van der Waals surface area contributed by atoms with E-state index in [9.17, 15) is 22.4 Å². The number of carbonyl (C=O) groups is 2. The summed E-state index contributed by atoms with van der Waals surface area (Å²) in [5.74, 6) is -0.708. The summed E-state index contributed by atoms with van der Waals surface area (Å²) in [6.07, 6.45) is 1.05. The van der Waals surface area contributed by atoms with E-state index in [1.807, 2.05) is 0 Å². The zero-order valence-electron chi connectivity index (χ0n) is 18.8. The van der Waals surface area contributed by atoms with Crippen LogP contribution in [0.15, 0.2) is 66.7 Å². The Balaban J connectivity index is 1.86. The van der Waals surface area contributed by atoms with Crippen LogP contribution in [0.2, 0.25) is 0 Å². The van der Waals surface area contributed by atoms with Crippen molar-refractivity contribution in [2.24, 2.45) is 0 Å². The highest BCUT2D eigenvalue weighted by atomic mass is 32.2. The number of ether oxygens (including phenoxy) is 1. The second-order valence-electron chi connectivity index (χ2n) is 7.49. The number of rotatable bonds is 8. The van der Waals surface area contributed by atoms with Crippen molar-refractivity contribution in [1.82, 2.24) is 0 Å². The maximum atomic E-state index is 13.3. The van der Waals surface area contributed by atoms with Gasteiger partial charge in [-0.1, -0.05) is 0 Å². The van der Waals surface area contributed by atoms with Crippen LogP contribution in [0.5, 0.6) is 5.75 Å². The summed E-state index contributed by atoms with van der Waals surface area (Å²) < 4.78 is 44.7. The number of sulfonamides is 1. The number of nitrogens with one attached hydrogen (secondary N) is 2. The van der Waals surface area contributed by atoms with Crippen LogP contribution in [0.3, 0.4) is 0 Å². The van der Waals surface area contributed by atoms with E-state index in [1.54, 1.807) is 42.5 Å². The molecule has 0 unspecified atom stereocenters. The van der Waals surface area contributed by atoms with Crippen LogP contribution in [0.25, 0.3) is 0 Å². The first-order chi connectivity index (χ1) is 16.1. The minimum Gasteiger partial charge on any atom is -0.496 e. The Morgan fingerprint density at radius 3 is 2.06 bits per heavy atom. The van der Waals surface area contributed by atoms with E-state index in [1.165, 1.54) is 38.3 Å². The average molecular weight is 486 g/mol. The summed E-state index contributed by atoms with van der Waals surface area (Å²) >= 11 is 0. The van der Waals surface area contributed by atoms with Crippen molar-refractivity contribution in [3.05, 3.63) is 83.7 Å². The highest BCUT2D eigenvalue weighted by Gasteiger charge is 2.21. The van der Waals surface area contributed by atoms with Crippen LogP contribution in [0.1, 0.15) is 22.8 Å². The first-order valence-corrected chi connectivity index (χ1v) is 12.0. The van der Waals surface area contributed by atoms with Crippen LogP contribution < -0.4 is 19.7 Å². The topological polar surface area (TPSA) is 105 Å². The molecule has 0 bridgehead atoms. The number of amides is 2. The molecule has 0 atom stereocenters. The van der Waals surface area contributed by atoms with E-state index in [0.717, 1.165) is 10.6 Å². The zero-order valence-corrected chi connectivity index (χ0v) is 19.6. The number of hydrogen-bond donors (Lipinski definition) is 2. The van der Waals surface area contributed by atoms with Gasteiger partial charge in [0.15, 0.2) is 0 Å². The van der Waals surface area contributed by atoms with E-state index in [4.69, 9.17) is 4.74 Å². The Hall–Kier alpha value is -3.92. The van der Waals surface area contributed by atoms with Crippen LogP contribution in [0.4, 0.5) is 21.5 Å². The van der Waals surface area contributed by atoms with Crippen molar-refractivity contribution in [1.29, 1.82) is 0 Å². The van der Waals surface area contributed by atoms with Gasteiger partial charge in [-0.05, 0) is 66.7 Å². The molecular weight excluding hydrogens is 461 g/mol. The second kappa shape index (κ2) is 10.3. The maximum Gasteiger partial charge on any atom is 0.255 e. The molecule has 2 amide bonds. The maximum absolute atomic E-state index is 13.3. The van der Waals surface area contributed by atoms with Crippen molar-refractivity contribution < 1.29 is 27.1 Å². The normalized spacial score (nSPS) is 10.9. The third-order valence-electron chi connectivity index (χ3n) is 4.83. The lowest BCUT2D eigenvalue weighted by atomic mass is 10.1. The molecular formula is C24H24FN3O5S. The molecule has 0 heterocycles. The number of anilines is 3. The molecule has 3 aromatic carbocycles. The lowest BCUT2D eigenvalue weighted by Gasteiger charge is -2.24. The number of carbonyl (C=O) groups excluding carboxylic acids is 2. The second-order valence-corrected chi connectivity index (χ2v) is 9.39. The first kappa shape index (κ1) is 24.7. The number of halogens is 1. The Morgan fingerprint density at radius 2 is 1.53 bits per heavy atom. The summed E-state index contributed by atoms with van der Waals surface area (Å²) in [7, 11) is -2.28. The third-order valence-corrected chi connectivity index (χ3v) is 5.98. The first-order valence-electron chi connectivity index (χ1n) is 10.2. The molecule has 0 aromatic heterocycles. The highest BCUT2D eigenvalue weighted by Crippen LogP contribution is 2.27. The molecule has 8 nitrogen and oxygen atoms in total. The van der Waals surface area contributed by atoms with Gasteiger partial charge in [0.25, 0.3) is 5.91 Å². The molecule has 3 rings (SSSR count). The highest BCUT2D eigenvalue weighted by molar-refractivity contribution is 7.92. The SMILES string of the molecule is COc1ccc(C(=O)Nc2ccc(NC(C)=O)cc2)cc1CN(c1ccc(F)cc1)S(C)(=O)=O. The summed E-state index contributed by atoms with van der Waals surface area (Å²) in [6, 6.07) is 16.4. The molecule has 0 aliphatic carbocycles. The molecule has 0 spiro atoms. The fraction of sp³-hybridized carbons (Fsp3) is 0.167. The largest absolute Gasteiger partial charge is 0.496 e. The standard InChI is InChI=1S/C24H24FN3O5S/c1-16(29)26-20-7-9-21(10-8-20)27-24(30)17-4-13-23(33-2)18(14-17)15-28(34(3,31)32)22-11-5-19(25)6-12-22/h4-14H,15H2,1-3H3,(H,26,29)(H,27,30). The van der Waals surface area contributed by atoms with Crippen LogP contribution in [-0.2, 0) is 21.4 Å². The van der Waals surface area contributed by atoms with Gasteiger partial charge in [-0.3, -0.25) is 13.9 Å². The van der Waals surface area contributed by atoms with Crippen LogP contribution in [-0.4, -0.2) is 33.6 Å². The third kappa shape index (κ3) is 6.32. The van der Waals surface area contributed by atoms with Gasteiger partial charge in [0, 0.05) is 29.4 Å². The molecule has 0 radical (unpaired) electrons. The van der Waals surface area contributed by atoms with E-state index >= 15 is 0 Å². The molecule has 2 N–H and O–H groups in total. The Labute approximate surface area is 197 Å². The van der Waals surface area contributed by atoms with E-state index in [2.05, 4.69) is 10.6 Å². The van der Waals surface area contributed by atoms with Crippen molar-refractivity contribution in [2.75, 3.05) is 28.3 Å². The van der Waals surface area contributed by atoms with Gasteiger partial charge < -0.3 is 15.4 Å². The van der Waals surface area contributed by atoms with E-state index in [0.29, 0.717) is 22.7 Å². The van der Waals surface area contributed by atoms with Gasteiger partial charge >= 0.3 is 0 Å². The monoisotopic (exact) mass is 485 g/mol.